The summed E-state index contributed by atoms with van der Waals surface area (Å²) in [5, 5.41) is 6.71. The Morgan fingerprint density at radius 3 is 2.69 bits per heavy atom. The molecule has 0 amide bonds. The fourth-order valence-corrected chi connectivity index (χ4v) is 3.44. The van der Waals surface area contributed by atoms with Crippen LogP contribution in [0.3, 0.4) is 0 Å². The fourth-order valence-electron chi connectivity index (χ4n) is 3.44. The van der Waals surface area contributed by atoms with Gasteiger partial charge in [-0.25, -0.2) is 4.39 Å². The van der Waals surface area contributed by atoms with Crippen molar-refractivity contribution in [1.29, 1.82) is 0 Å². The third kappa shape index (κ3) is 6.17. The lowest BCUT2D eigenvalue weighted by Crippen LogP contribution is -2.46. The molecule has 0 radical (unpaired) electrons. The van der Waals surface area contributed by atoms with Gasteiger partial charge in [-0.05, 0) is 35.4 Å². The molecule has 3 rings (SSSR count). The van der Waals surface area contributed by atoms with Gasteiger partial charge in [0, 0.05) is 33.2 Å². The number of aliphatic imine (C=N–C) groups is 1. The van der Waals surface area contributed by atoms with E-state index in [0.717, 1.165) is 30.0 Å². The Labute approximate surface area is 171 Å². The van der Waals surface area contributed by atoms with Crippen molar-refractivity contribution < 1.29 is 13.9 Å². The highest BCUT2D eigenvalue weighted by Gasteiger charge is 2.23. The van der Waals surface area contributed by atoms with Crippen LogP contribution in [0.2, 0.25) is 0 Å². The monoisotopic (exact) mass is 400 g/mol. The van der Waals surface area contributed by atoms with E-state index in [9.17, 15) is 4.39 Å². The molecule has 0 aliphatic carbocycles. The Bertz CT molecular complexity index is 809. The minimum absolute atomic E-state index is 0.0324. The number of hydrogen-bond acceptors (Lipinski definition) is 4. The average molecular weight is 400 g/mol. The normalized spacial score (nSPS) is 16.3. The second kappa shape index (κ2) is 10.8. The van der Waals surface area contributed by atoms with E-state index in [1.807, 2.05) is 30.3 Å². The molecular weight excluding hydrogens is 371 g/mol. The number of guanidine groups is 1. The zero-order valence-corrected chi connectivity index (χ0v) is 17.0. The molecule has 2 aromatic carbocycles. The van der Waals surface area contributed by atoms with Crippen LogP contribution in [-0.4, -0.2) is 57.9 Å². The number of rotatable bonds is 7. The van der Waals surface area contributed by atoms with E-state index < -0.39 is 0 Å². The quantitative estimate of drug-likeness (QED) is 0.553. The van der Waals surface area contributed by atoms with Gasteiger partial charge in [0.2, 0.25) is 0 Å². The van der Waals surface area contributed by atoms with E-state index in [2.05, 4.69) is 20.5 Å². The first-order valence-corrected chi connectivity index (χ1v) is 9.84. The van der Waals surface area contributed by atoms with Crippen LogP contribution < -0.4 is 15.4 Å². The Hall–Kier alpha value is -2.64. The van der Waals surface area contributed by atoms with Crippen LogP contribution in [0.4, 0.5) is 4.39 Å². The van der Waals surface area contributed by atoms with Crippen LogP contribution >= 0.6 is 0 Å². The number of nitrogens with zero attached hydrogens (tertiary/aromatic N) is 2. The molecule has 2 N–H and O–H groups in total. The molecule has 6 nitrogen and oxygen atoms in total. The third-order valence-electron chi connectivity index (χ3n) is 5.00. The second-order valence-electron chi connectivity index (χ2n) is 6.88. The summed E-state index contributed by atoms with van der Waals surface area (Å²) in [5.41, 5.74) is 2.05. The smallest absolute Gasteiger partial charge is 0.191 e. The largest absolute Gasteiger partial charge is 0.497 e. The van der Waals surface area contributed by atoms with Gasteiger partial charge in [0.1, 0.15) is 11.6 Å². The van der Waals surface area contributed by atoms with Crippen LogP contribution in [0.25, 0.3) is 0 Å². The highest BCUT2D eigenvalue weighted by atomic mass is 19.1. The number of nitrogens with one attached hydrogen (secondary N) is 2. The standard InChI is InChI=1S/C22H29FN4O2/c1-24-22(25-15-17-5-3-8-20(13-17)28-2)26-16-21(27-9-11-29-12-10-27)18-6-4-7-19(23)14-18/h3-8,13-14,21H,9-12,15-16H2,1-2H3,(H2,24,25,26). The molecule has 156 valence electrons. The van der Waals surface area contributed by atoms with Crippen molar-refractivity contribution in [3.63, 3.8) is 0 Å². The zero-order chi connectivity index (χ0) is 20.5. The van der Waals surface area contributed by atoms with Gasteiger partial charge in [0.15, 0.2) is 5.96 Å². The molecule has 2 aromatic rings. The van der Waals surface area contributed by atoms with Gasteiger partial charge in [-0.1, -0.05) is 24.3 Å². The van der Waals surface area contributed by atoms with E-state index >= 15 is 0 Å². The van der Waals surface area contributed by atoms with Gasteiger partial charge < -0.3 is 20.1 Å². The molecule has 1 saturated heterocycles. The highest BCUT2D eigenvalue weighted by Crippen LogP contribution is 2.22. The molecule has 1 aliphatic rings. The number of hydrogen-bond donors (Lipinski definition) is 2. The maximum Gasteiger partial charge on any atom is 0.191 e. The Morgan fingerprint density at radius 1 is 1.17 bits per heavy atom. The summed E-state index contributed by atoms with van der Waals surface area (Å²) in [6.07, 6.45) is 0. The minimum atomic E-state index is -0.221. The molecule has 1 fully saturated rings. The fraction of sp³-hybridized carbons (Fsp3) is 0.409. The van der Waals surface area contributed by atoms with Gasteiger partial charge in [0.25, 0.3) is 0 Å². The molecule has 0 aromatic heterocycles. The summed E-state index contributed by atoms with van der Waals surface area (Å²) in [4.78, 5) is 6.64. The predicted octanol–water partition coefficient (Wildman–Crippen LogP) is 2.57. The molecule has 1 aliphatic heterocycles. The first-order chi connectivity index (χ1) is 14.2. The van der Waals surface area contributed by atoms with Crippen molar-refractivity contribution in [2.45, 2.75) is 12.6 Å². The van der Waals surface area contributed by atoms with Crippen molar-refractivity contribution in [2.24, 2.45) is 4.99 Å². The van der Waals surface area contributed by atoms with Crippen LogP contribution in [0.5, 0.6) is 5.75 Å². The summed E-state index contributed by atoms with van der Waals surface area (Å²) in [7, 11) is 3.40. The predicted molar refractivity (Wildman–Crippen MR) is 113 cm³/mol. The maximum atomic E-state index is 13.8. The molecule has 29 heavy (non-hydrogen) atoms. The first-order valence-electron chi connectivity index (χ1n) is 9.84. The summed E-state index contributed by atoms with van der Waals surface area (Å²) >= 11 is 0. The number of benzene rings is 2. The molecular formula is C22H29FN4O2. The lowest BCUT2D eigenvalue weighted by Gasteiger charge is -2.35. The molecule has 1 atom stereocenters. The number of ether oxygens (including phenoxy) is 2. The second-order valence-corrected chi connectivity index (χ2v) is 6.88. The topological polar surface area (TPSA) is 58.1 Å². The zero-order valence-electron chi connectivity index (χ0n) is 17.0. The van der Waals surface area contributed by atoms with Gasteiger partial charge in [-0.3, -0.25) is 9.89 Å². The van der Waals surface area contributed by atoms with Gasteiger partial charge in [-0.15, -0.1) is 0 Å². The average Bonchev–Trinajstić information content (AvgIpc) is 2.77. The van der Waals surface area contributed by atoms with E-state index in [0.29, 0.717) is 32.3 Å². The highest BCUT2D eigenvalue weighted by molar-refractivity contribution is 5.79. The molecule has 1 unspecified atom stereocenters. The Kier molecular flexibility index (Phi) is 7.84. The molecule has 0 spiro atoms. The van der Waals surface area contributed by atoms with E-state index in [1.165, 1.54) is 6.07 Å². The number of morpholine rings is 1. The van der Waals surface area contributed by atoms with Gasteiger partial charge in [0.05, 0.1) is 26.4 Å². The van der Waals surface area contributed by atoms with Crippen LogP contribution in [0, 0.1) is 5.82 Å². The van der Waals surface area contributed by atoms with Crippen molar-refractivity contribution in [2.75, 3.05) is 47.0 Å². The minimum Gasteiger partial charge on any atom is -0.497 e. The first kappa shape index (κ1) is 21.1. The number of halogens is 1. The molecule has 0 saturated carbocycles. The lowest BCUT2D eigenvalue weighted by atomic mass is 10.0. The van der Waals surface area contributed by atoms with Crippen molar-refractivity contribution in [3.05, 3.63) is 65.5 Å². The number of methoxy groups -OCH3 is 1. The Morgan fingerprint density at radius 2 is 1.97 bits per heavy atom. The third-order valence-corrected chi connectivity index (χ3v) is 5.00. The van der Waals surface area contributed by atoms with E-state index in [-0.39, 0.29) is 11.9 Å². The van der Waals surface area contributed by atoms with Gasteiger partial charge >= 0.3 is 0 Å². The van der Waals surface area contributed by atoms with Crippen molar-refractivity contribution in [3.8, 4) is 5.75 Å². The van der Waals surface area contributed by atoms with E-state index in [1.54, 1.807) is 26.3 Å². The molecule has 0 bridgehead atoms. The van der Waals surface area contributed by atoms with Crippen molar-refractivity contribution >= 4 is 5.96 Å². The van der Waals surface area contributed by atoms with Gasteiger partial charge in [-0.2, -0.15) is 0 Å². The lowest BCUT2D eigenvalue weighted by molar-refractivity contribution is 0.0169. The summed E-state index contributed by atoms with van der Waals surface area (Å²) in [5.74, 6) is 1.30. The van der Waals surface area contributed by atoms with E-state index in [4.69, 9.17) is 9.47 Å². The van der Waals surface area contributed by atoms with Crippen LogP contribution in [0.15, 0.2) is 53.5 Å². The summed E-state index contributed by atoms with van der Waals surface area (Å²) in [6.45, 7) is 4.25. The van der Waals surface area contributed by atoms with Crippen LogP contribution in [0.1, 0.15) is 17.2 Å². The summed E-state index contributed by atoms with van der Waals surface area (Å²) < 4.78 is 24.6. The maximum absolute atomic E-state index is 13.8. The molecule has 1 heterocycles. The molecule has 7 heteroatoms. The Balaban J connectivity index is 1.63. The van der Waals surface area contributed by atoms with Crippen LogP contribution in [-0.2, 0) is 11.3 Å². The summed E-state index contributed by atoms with van der Waals surface area (Å²) in [6, 6.07) is 14.7. The SMILES string of the molecule is CN=C(NCc1cccc(OC)c1)NCC(c1cccc(F)c1)N1CCOCC1. The van der Waals surface area contributed by atoms with Crippen molar-refractivity contribution in [1.82, 2.24) is 15.5 Å².